The number of hydrogen-bond acceptors (Lipinski definition) is 3. The lowest BCUT2D eigenvalue weighted by Gasteiger charge is -2.30. The molecule has 1 aromatic carbocycles. The Bertz CT molecular complexity index is 447. The predicted molar refractivity (Wildman–Crippen MR) is 72.6 cm³/mol. The summed E-state index contributed by atoms with van der Waals surface area (Å²) in [5, 5.41) is -0.00377. The van der Waals surface area contributed by atoms with Crippen LogP contribution >= 0.6 is 11.8 Å². The lowest BCUT2D eigenvalue weighted by molar-refractivity contribution is -0.117. The van der Waals surface area contributed by atoms with Crippen molar-refractivity contribution in [3.8, 4) is 0 Å². The van der Waals surface area contributed by atoms with Crippen molar-refractivity contribution in [2.45, 2.75) is 29.9 Å². The average molecular weight is 250 g/mol. The molecular formula is C13H18N2OS. The number of thioether (sulfide) groups is 1. The third kappa shape index (κ3) is 2.19. The molecule has 2 unspecified atom stereocenters. The van der Waals surface area contributed by atoms with Crippen LogP contribution in [0.5, 0.6) is 0 Å². The molecule has 17 heavy (non-hydrogen) atoms. The van der Waals surface area contributed by atoms with Crippen molar-refractivity contribution in [2.24, 2.45) is 5.73 Å². The van der Waals surface area contributed by atoms with Crippen LogP contribution in [0.25, 0.3) is 0 Å². The molecule has 2 N–H and O–H groups in total. The molecule has 0 radical (unpaired) electrons. The molecule has 0 aliphatic carbocycles. The van der Waals surface area contributed by atoms with Gasteiger partial charge in [-0.3, -0.25) is 4.79 Å². The Balaban J connectivity index is 2.40. The summed E-state index contributed by atoms with van der Waals surface area (Å²) < 4.78 is 0. The lowest BCUT2D eigenvalue weighted by atomic mass is 10.0. The van der Waals surface area contributed by atoms with Gasteiger partial charge in [0, 0.05) is 11.9 Å². The van der Waals surface area contributed by atoms with Gasteiger partial charge in [0.1, 0.15) is 0 Å². The zero-order valence-electron chi connectivity index (χ0n) is 10.4. The maximum absolute atomic E-state index is 11.8. The molecule has 2 atom stereocenters. The van der Waals surface area contributed by atoms with Crippen molar-refractivity contribution < 1.29 is 4.79 Å². The first-order chi connectivity index (χ1) is 8.04. The van der Waals surface area contributed by atoms with E-state index in [0.29, 0.717) is 12.5 Å². The Morgan fingerprint density at radius 1 is 1.53 bits per heavy atom. The van der Waals surface area contributed by atoms with Gasteiger partial charge in [0.25, 0.3) is 0 Å². The summed E-state index contributed by atoms with van der Waals surface area (Å²) in [4.78, 5) is 14.8. The van der Waals surface area contributed by atoms with E-state index in [9.17, 15) is 4.79 Å². The summed E-state index contributed by atoms with van der Waals surface area (Å²) in [5.74, 6) is 0.529. The van der Waals surface area contributed by atoms with Crippen LogP contribution in [-0.4, -0.2) is 24.7 Å². The van der Waals surface area contributed by atoms with Gasteiger partial charge in [0.15, 0.2) is 0 Å². The number of nitrogens with zero attached hydrogens (tertiary/aromatic N) is 1. The number of fused-ring (bicyclic) bond motifs is 1. The highest BCUT2D eigenvalue weighted by atomic mass is 32.2. The minimum atomic E-state index is -0.00377. The minimum Gasteiger partial charge on any atom is -0.330 e. The van der Waals surface area contributed by atoms with Crippen LogP contribution in [0, 0.1) is 0 Å². The summed E-state index contributed by atoms with van der Waals surface area (Å²) >= 11 is 1.63. The molecule has 0 aromatic heterocycles. The number of hydrogen-bond donors (Lipinski definition) is 1. The van der Waals surface area contributed by atoms with E-state index in [1.54, 1.807) is 16.7 Å². The molecule has 0 saturated carbocycles. The average Bonchev–Trinajstić information content (AvgIpc) is 2.34. The standard InChI is InChI=1S/C13H18N2OS/c1-8(7-14)10-4-5-11-12(6-10)17-9(2)13(16)15(11)3/h4-6,8-9H,7,14H2,1-3H3. The fraction of sp³-hybridized carbons (Fsp3) is 0.462. The van der Waals surface area contributed by atoms with Gasteiger partial charge in [-0.2, -0.15) is 0 Å². The van der Waals surface area contributed by atoms with Gasteiger partial charge in [-0.1, -0.05) is 13.0 Å². The number of benzene rings is 1. The van der Waals surface area contributed by atoms with Crippen molar-refractivity contribution in [2.75, 3.05) is 18.5 Å². The van der Waals surface area contributed by atoms with E-state index >= 15 is 0 Å². The van der Waals surface area contributed by atoms with E-state index in [2.05, 4.69) is 19.1 Å². The van der Waals surface area contributed by atoms with Gasteiger partial charge in [0.2, 0.25) is 5.91 Å². The van der Waals surface area contributed by atoms with Crippen LogP contribution in [0.2, 0.25) is 0 Å². The third-order valence-corrected chi connectivity index (χ3v) is 4.39. The number of carbonyl (C=O) groups excluding carboxylic acids is 1. The molecule has 0 spiro atoms. The van der Waals surface area contributed by atoms with Crippen LogP contribution in [-0.2, 0) is 4.79 Å². The maximum atomic E-state index is 11.8. The van der Waals surface area contributed by atoms with Gasteiger partial charge >= 0.3 is 0 Å². The van der Waals surface area contributed by atoms with E-state index in [-0.39, 0.29) is 11.2 Å². The van der Waals surface area contributed by atoms with Gasteiger partial charge in [0.05, 0.1) is 10.9 Å². The van der Waals surface area contributed by atoms with E-state index in [4.69, 9.17) is 5.73 Å². The molecule has 1 amide bonds. The summed E-state index contributed by atoms with van der Waals surface area (Å²) in [6, 6.07) is 6.25. The monoisotopic (exact) mass is 250 g/mol. The highest BCUT2D eigenvalue weighted by molar-refractivity contribution is 8.00. The Kier molecular flexibility index (Phi) is 3.45. The zero-order chi connectivity index (χ0) is 12.6. The van der Waals surface area contributed by atoms with Gasteiger partial charge < -0.3 is 10.6 Å². The van der Waals surface area contributed by atoms with Crippen LogP contribution in [0.3, 0.4) is 0 Å². The van der Waals surface area contributed by atoms with Crippen LogP contribution in [0.4, 0.5) is 5.69 Å². The Labute approximate surface area is 106 Å². The van der Waals surface area contributed by atoms with Gasteiger partial charge in [-0.05, 0) is 37.1 Å². The number of nitrogens with two attached hydrogens (primary N) is 1. The number of rotatable bonds is 2. The SMILES string of the molecule is CC1Sc2cc(C(C)CN)ccc2N(C)C1=O. The quantitative estimate of drug-likeness (QED) is 0.875. The Morgan fingerprint density at radius 3 is 2.88 bits per heavy atom. The molecule has 0 bridgehead atoms. The van der Waals surface area contributed by atoms with Crippen molar-refractivity contribution >= 4 is 23.4 Å². The van der Waals surface area contributed by atoms with Crippen LogP contribution < -0.4 is 10.6 Å². The number of amides is 1. The van der Waals surface area contributed by atoms with Crippen molar-refractivity contribution in [3.05, 3.63) is 23.8 Å². The third-order valence-electron chi connectivity index (χ3n) is 3.25. The zero-order valence-corrected chi connectivity index (χ0v) is 11.3. The van der Waals surface area contributed by atoms with E-state index in [1.165, 1.54) is 10.5 Å². The molecule has 0 saturated heterocycles. The van der Waals surface area contributed by atoms with Gasteiger partial charge in [-0.15, -0.1) is 11.8 Å². The maximum Gasteiger partial charge on any atom is 0.239 e. The molecule has 92 valence electrons. The molecule has 4 heteroatoms. The largest absolute Gasteiger partial charge is 0.330 e. The fourth-order valence-corrected chi connectivity index (χ4v) is 3.15. The van der Waals surface area contributed by atoms with Crippen LogP contribution in [0.1, 0.15) is 25.3 Å². The molecule has 1 aromatic rings. The van der Waals surface area contributed by atoms with Crippen molar-refractivity contribution in [3.63, 3.8) is 0 Å². The minimum absolute atomic E-state index is 0.00377. The molecule has 3 nitrogen and oxygen atoms in total. The topological polar surface area (TPSA) is 46.3 Å². The highest BCUT2D eigenvalue weighted by Gasteiger charge is 2.28. The molecule has 1 aliphatic rings. The van der Waals surface area contributed by atoms with Crippen molar-refractivity contribution in [1.29, 1.82) is 0 Å². The summed E-state index contributed by atoms with van der Waals surface area (Å²) in [5.41, 5.74) is 7.94. The summed E-state index contributed by atoms with van der Waals surface area (Å²) in [6.07, 6.45) is 0. The second-order valence-corrected chi connectivity index (χ2v) is 5.90. The summed E-state index contributed by atoms with van der Waals surface area (Å²) in [6.45, 7) is 4.72. The number of carbonyl (C=O) groups is 1. The first-order valence-corrected chi connectivity index (χ1v) is 6.70. The molecular weight excluding hydrogens is 232 g/mol. The predicted octanol–water partition coefficient (Wildman–Crippen LogP) is 2.21. The highest BCUT2D eigenvalue weighted by Crippen LogP contribution is 2.39. The van der Waals surface area contributed by atoms with Gasteiger partial charge in [-0.25, -0.2) is 0 Å². The second kappa shape index (κ2) is 4.70. The summed E-state index contributed by atoms with van der Waals surface area (Å²) in [7, 11) is 1.84. The molecule has 1 heterocycles. The Morgan fingerprint density at radius 2 is 2.24 bits per heavy atom. The smallest absolute Gasteiger partial charge is 0.239 e. The molecule has 2 rings (SSSR count). The normalized spacial score (nSPS) is 21.3. The fourth-order valence-electron chi connectivity index (χ4n) is 1.98. The van der Waals surface area contributed by atoms with E-state index in [0.717, 1.165) is 5.69 Å². The van der Waals surface area contributed by atoms with E-state index in [1.807, 2.05) is 20.0 Å². The second-order valence-electron chi connectivity index (χ2n) is 4.52. The Hall–Kier alpha value is -1.00. The van der Waals surface area contributed by atoms with Crippen LogP contribution in [0.15, 0.2) is 23.1 Å². The first kappa shape index (κ1) is 12.5. The lowest BCUT2D eigenvalue weighted by Crippen LogP contribution is -2.36. The van der Waals surface area contributed by atoms with Crippen molar-refractivity contribution in [1.82, 2.24) is 0 Å². The molecule has 1 aliphatic heterocycles. The first-order valence-electron chi connectivity index (χ1n) is 5.82. The number of anilines is 1. The van der Waals surface area contributed by atoms with E-state index < -0.39 is 0 Å². The molecule has 0 fully saturated rings.